The van der Waals surface area contributed by atoms with E-state index in [2.05, 4.69) is 5.32 Å². The third-order valence-electron chi connectivity index (χ3n) is 5.87. The Morgan fingerprint density at radius 3 is 2.64 bits per heavy atom. The van der Waals surface area contributed by atoms with Crippen LogP contribution >= 0.6 is 23.2 Å². The molecule has 0 fully saturated rings. The lowest BCUT2D eigenvalue weighted by atomic mass is 9.87. The molecule has 1 aliphatic heterocycles. The van der Waals surface area contributed by atoms with E-state index >= 15 is 0 Å². The monoisotopic (exact) mass is 529 g/mol. The molecular weight excluding hydrogens is 505 g/mol. The highest BCUT2D eigenvalue weighted by Crippen LogP contribution is 2.42. The van der Waals surface area contributed by atoms with Crippen LogP contribution in [0.3, 0.4) is 0 Å². The number of carbonyl (C=O) groups excluding carboxylic acids is 1. The lowest BCUT2D eigenvalue weighted by Crippen LogP contribution is -2.45. The van der Waals surface area contributed by atoms with Crippen LogP contribution in [0.4, 0.5) is 0 Å². The molecule has 0 spiro atoms. The van der Waals surface area contributed by atoms with Crippen molar-refractivity contribution < 1.29 is 28.9 Å². The van der Waals surface area contributed by atoms with Crippen molar-refractivity contribution in [1.82, 2.24) is 5.32 Å². The van der Waals surface area contributed by atoms with Gasteiger partial charge in [0.05, 0.1) is 18.2 Å². The number of nitrogens with one attached hydrogen (secondary N) is 1. The third-order valence-corrected chi connectivity index (χ3v) is 6.40. The van der Waals surface area contributed by atoms with Gasteiger partial charge in [-0.2, -0.15) is 0 Å². The fourth-order valence-electron chi connectivity index (χ4n) is 4.09. The van der Waals surface area contributed by atoms with Gasteiger partial charge in [0, 0.05) is 29.1 Å². The minimum atomic E-state index is -1.65. The van der Waals surface area contributed by atoms with Crippen LogP contribution in [0.25, 0.3) is 0 Å². The molecule has 1 atom stereocenters. The average Bonchev–Trinajstić information content (AvgIpc) is 2.86. The van der Waals surface area contributed by atoms with E-state index in [-0.39, 0.29) is 29.7 Å². The highest BCUT2D eigenvalue weighted by atomic mass is 35.5. The standard InChI is InChI=1S/C27H25Cl2NO6/c1-2-34-24-16-19(28)9-7-17(24)11-13-30-25(31)18-8-10-23(21(29)15-18)36-27(26(32)33)12-14-35-22-6-4-3-5-20(22)27/h3-10,15-16H,2,11-14H2,1H3,(H,30,31)(H,32,33). The second-order valence-corrected chi connectivity index (χ2v) is 9.01. The summed E-state index contributed by atoms with van der Waals surface area (Å²) in [6.45, 7) is 2.95. The molecule has 188 valence electrons. The van der Waals surface area contributed by atoms with Gasteiger partial charge in [-0.25, -0.2) is 4.79 Å². The largest absolute Gasteiger partial charge is 0.494 e. The van der Waals surface area contributed by atoms with Crippen molar-refractivity contribution in [3.05, 3.63) is 87.4 Å². The molecule has 9 heteroatoms. The van der Waals surface area contributed by atoms with Gasteiger partial charge in [-0.05, 0) is 55.3 Å². The molecule has 2 N–H and O–H groups in total. The molecule has 36 heavy (non-hydrogen) atoms. The summed E-state index contributed by atoms with van der Waals surface area (Å²) >= 11 is 12.5. The van der Waals surface area contributed by atoms with Gasteiger partial charge in [0.15, 0.2) is 0 Å². The fraction of sp³-hybridized carbons (Fsp3) is 0.259. The summed E-state index contributed by atoms with van der Waals surface area (Å²) < 4.78 is 17.2. The zero-order valence-electron chi connectivity index (χ0n) is 19.6. The number of carboxylic acids is 1. The molecular formula is C27H25Cl2NO6. The molecule has 0 bridgehead atoms. The lowest BCUT2D eigenvalue weighted by molar-refractivity contribution is -0.159. The van der Waals surface area contributed by atoms with Crippen LogP contribution in [-0.4, -0.2) is 36.7 Å². The van der Waals surface area contributed by atoms with E-state index in [9.17, 15) is 14.7 Å². The van der Waals surface area contributed by atoms with Crippen molar-refractivity contribution in [2.45, 2.75) is 25.4 Å². The molecule has 0 saturated heterocycles. The molecule has 0 aliphatic carbocycles. The Morgan fingerprint density at radius 1 is 1.08 bits per heavy atom. The van der Waals surface area contributed by atoms with E-state index in [1.807, 2.05) is 13.0 Å². The molecule has 4 rings (SSSR count). The van der Waals surface area contributed by atoms with Crippen LogP contribution in [0, 0.1) is 0 Å². The summed E-state index contributed by atoms with van der Waals surface area (Å²) in [7, 11) is 0. The zero-order valence-corrected chi connectivity index (χ0v) is 21.1. The van der Waals surface area contributed by atoms with Crippen LogP contribution in [0.5, 0.6) is 17.2 Å². The summed E-state index contributed by atoms with van der Waals surface area (Å²) in [5, 5.41) is 13.7. The van der Waals surface area contributed by atoms with E-state index < -0.39 is 11.6 Å². The SMILES string of the molecule is CCOc1cc(Cl)ccc1CCNC(=O)c1ccc(OC2(C(=O)O)CCOc3ccccc32)c(Cl)c1. The normalized spacial score (nSPS) is 16.4. The van der Waals surface area contributed by atoms with Gasteiger partial charge in [-0.3, -0.25) is 4.79 Å². The van der Waals surface area contributed by atoms with E-state index in [1.165, 1.54) is 12.1 Å². The van der Waals surface area contributed by atoms with Crippen molar-refractivity contribution in [2.24, 2.45) is 0 Å². The first-order valence-corrected chi connectivity index (χ1v) is 12.2. The smallest absolute Gasteiger partial charge is 0.353 e. The van der Waals surface area contributed by atoms with Gasteiger partial charge >= 0.3 is 5.97 Å². The highest BCUT2D eigenvalue weighted by molar-refractivity contribution is 6.32. The van der Waals surface area contributed by atoms with Crippen LogP contribution in [0.15, 0.2) is 60.7 Å². The third kappa shape index (κ3) is 5.37. The Bertz CT molecular complexity index is 1280. The van der Waals surface area contributed by atoms with E-state index in [0.29, 0.717) is 47.2 Å². The number of carbonyl (C=O) groups is 2. The van der Waals surface area contributed by atoms with E-state index in [0.717, 1.165) is 5.56 Å². The first-order valence-electron chi connectivity index (χ1n) is 11.5. The van der Waals surface area contributed by atoms with Crippen LogP contribution in [-0.2, 0) is 16.8 Å². The zero-order chi connectivity index (χ0) is 25.7. The van der Waals surface area contributed by atoms with Crippen molar-refractivity contribution in [3.63, 3.8) is 0 Å². The van der Waals surface area contributed by atoms with Crippen LogP contribution < -0.4 is 19.5 Å². The summed E-state index contributed by atoms with van der Waals surface area (Å²) in [5.74, 6) is -0.170. The van der Waals surface area contributed by atoms with E-state index in [4.69, 9.17) is 37.4 Å². The molecule has 1 aliphatic rings. The van der Waals surface area contributed by atoms with Crippen LogP contribution in [0.2, 0.25) is 10.0 Å². The number of hydrogen-bond donors (Lipinski definition) is 2. The number of rotatable bonds is 9. The maximum atomic E-state index is 12.7. The summed E-state index contributed by atoms with van der Waals surface area (Å²) in [6.07, 6.45) is 0.655. The van der Waals surface area contributed by atoms with Crippen molar-refractivity contribution >= 4 is 35.1 Å². The highest BCUT2D eigenvalue weighted by Gasteiger charge is 2.47. The quantitative estimate of drug-likeness (QED) is 0.379. The maximum Gasteiger partial charge on any atom is 0.353 e. The average molecular weight is 530 g/mol. The molecule has 7 nitrogen and oxygen atoms in total. The summed E-state index contributed by atoms with van der Waals surface area (Å²) in [5.41, 5.74) is 0.0126. The molecule has 3 aromatic carbocycles. The molecule has 3 aromatic rings. The first kappa shape index (κ1) is 25.7. The summed E-state index contributed by atoms with van der Waals surface area (Å²) in [4.78, 5) is 25.1. The van der Waals surface area contributed by atoms with Gasteiger partial charge in [0.1, 0.15) is 17.2 Å². The minimum Gasteiger partial charge on any atom is -0.494 e. The molecule has 0 saturated carbocycles. The number of amides is 1. The molecule has 0 aromatic heterocycles. The Labute approximate surface area is 218 Å². The van der Waals surface area contributed by atoms with Gasteiger partial charge < -0.3 is 24.6 Å². The minimum absolute atomic E-state index is 0.104. The lowest BCUT2D eigenvalue weighted by Gasteiger charge is -2.35. The van der Waals surface area contributed by atoms with Gasteiger partial charge in [-0.15, -0.1) is 0 Å². The summed E-state index contributed by atoms with van der Waals surface area (Å²) in [6, 6.07) is 16.8. The topological polar surface area (TPSA) is 94.1 Å². The number of ether oxygens (including phenoxy) is 3. The van der Waals surface area contributed by atoms with Gasteiger partial charge in [0.2, 0.25) is 5.60 Å². The first-order chi connectivity index (χ1) is 17.3. The molecule has 1 heterocycles. The second kappa shape index (κ2) is 11.1. The number of carboxylic acid groups (broad SMARTS) is 1. The number of hydrogen-bond acceptors (Lipinski definition) is 5. The van der Waals surface area contributed by atoms with Crippen molar-refractivity contribution in [2.75, 3.05) is 19.8 Å². The molecule has 0 radical (unpaired) electrons. The van der Waals surface area contributed by atoms with Gasteiger partial charge in [-0.1, -0.05) is 47.5 Å². The second-order valence-electron chi connectivity index (χ2n) is 8.17. The number of halogens is 2. The Hall–Kier alpha value is -3.42. The molecule has 1 unspecified atom stereocenters. The number of benzene rings is 3. The number of aliphatic carboxylic acids is 1. The number of para-hydroxylation sites is 1. The number of fused-ring (bicyclic) bond motifs is 1. The van der Waals surface area contributed by atoms with E-state index in [1.54, 1.807) is 42.5 Å². The Morgan fingerprint density at radius 2 is 1.89 bits per heavy atom. The van der Waals surface area contributed by atoms with Crippen molar-refractivity contribution in [3.8, 4) is 17.2 Å². The van der Waals surface area contributed by atoms with Crippen LogP contribution in [0.1, 0.15) is 34.8 Å². The Balaban J connectivity index is 1.46. The Kier molecular flexibility index (Phi) is 7.91. The predicted octanol–water partition coefficient (Wildman–Crippen LogP) is 5.51. The fourth-order valence-corrected chi connectivity index (χ4v) is 4.47. The van der Waals surface area contributed by atoms with Gasteiger partial charge in [0.25, 0.3) is 5.91 Å². The predicted molar refractivity (Wildman–Crippen MR) is 137 cm³/mol. The molecule has 1 amide bonds. The van der Waals surface area contributed by atoms with Crippen molar-refractivity contribution in [1.29, 1.82) is 0 Å². The maximum absolute atomic E-state index is 12.7.